The minimum absolute atomic E-state index is 0.118. The molecule has 0 atom stereocenters. The Morgan fingerprint density at radius 3 is 2.41 bits per heavy atom. The molecule has 2 N–H and O–H groups in total. The summed E-state index contributed by atoms with van der Waals surface area (Å²) in [6, 6.07) is 16.6. The highest BCUT2D eigenvalue weighted by Gasteiger charge is 2.16. The Balaban J connectivity index is 1.73. The summed E-state index contributed by atoms with van der Waals surface area (Å²) in [5.41, 5.74) is 1.80. The van der Waals surface area contributed by atoms with Crippen molar-refractivity contribution >= 4 is 34.0 Å². The number of nitrogens with one attached hydrogen (secondary N) is 2. The largest absolute Gasteiger partial charge is 0.325 e. The van der Waals surface area contributed by atoms with E-state index in [4.69, 9.17) is 0 Å². The Hall–Kier alpha value is -3.06. The van der Waals surface area contributed by atoms with Crippen LogP contribution in [0, 0.1) is 5.92 Å². The van der Waals surface area contributed by atoms with Crippen molar-refractivity contribution < 1.29 is 9.59 Å². The van der Waals surface area contributed by atoms with Crippen LogP contribution in [0.4, 0.5) is 10.8 Å². The summed E-state index contributed by atoms with van der Waals surface area (Å²) in [5.74, 6) is -0.220. The lowest BCUT2D eigenvalue weighted by Gasteiger charge is -2.11. The molecule has 0 aliphatic rings. The fourth-order valence-corrected chi connectivity index (χ4v) is 3.24. The molecule has 0 aliphatic heterocycles. The molecule has 3 rings (SSSR count). The summed E-state index contributed by atoms with van der Waals surface area (Å²) in [6.45, 7) is 3.94. The Morgan fingerprint density at radius 2 is 1.67 bits per heavy atom. The number of para-hydroxylation sites is 1. The van der Waals surface area contributed by atoms with Crippen LogP contribution in [0.1, 0.15) is 30.6 Å². The van der Waals surface area contributed by atoms with Gasteiger partial charge in [0.15, 0.2) is 0 Å². The first-order valence-electron chi connectivity index (χ1n) is 8.62. The smallest absolute Gasteiger partial charge is 0.259 e. The van der Waals surface area contributed by atoms with Crippen molar-refractivity contribution in [1.82, 2.24) is 10.2 Å². The van der Waals surface area contributed by atoms with Crippen LogP contribution in [-0.4, -0.2) is 22.0 Å². The molecule has 0 spiro atoms. The van der Waals surface area contributed by atoms with E-state index in [0.29, 0.717) is 22.8 Å². The lowest BCUT2D eigenvalue weighted by molar-refractivity contribution is -0.116. The lowest BCUT2D eigenvalue weighted by atomic mass is 10.1. The number of anilines is 2. The van der Waals surface area contributed by atoms with Crippen molar-refractivity contribution in [3.05, 3.63) is 60.2 Å². The SMILES string of the molecule is CC(C)CC(=O)Nc1ccccc1C(=O)Nc1nnc(-c2ccccc2)s1. The van der Waals surface area contributed by atoms with E-state index in [-0.39, 0.29) is 17.7 Å². The summed E-state index contributed by atoms with van der Waals surface area (Å²) in [4.78, 5) is 24.7. The van der Waals surface area contributed by atoms with Crippen molar-refractivity contribution in [2.45, 2.75) is 20.3 Å². The van der Waals surface area contributed by atoms with Crippen molar-refractivity contribution in [3.63, 3.8) is 0 Å². The summed E-state index contributed by atoms with van der Waals surface area (Å²) < 4.78 is 0. The molecule has 2 amide bonds. The third-order valence-electron chi connectivity index (χ3n) is 3.71. The first kappa shape index (κ1) is 18.7. The van der Waals surface area contributed by atoms with Gasteiger partial charge in [0.05, 0.1) is 11.3 Å². The molecule has 3 aromatic rings. The first-order valence-corrected chi connectivity index (χ1v) is 9.43. The van der Waals surface area contributed by atoms with Gasteiger partial charge in [0, 0.05) is 12.0 Å². The number of carbonyl (C=O) groups excluding carboxylic acids is 2. The Morgan fingerprint density at radius 1 is 0.963 bits per heavy atom. The molecule has 7 heteroatoms. The molecule has 0 saturated heterocycles. The highest BCUT2D eigenvalue weighted by atomic mass is 32.1. The van der Waals surface area contributed by atoms with Gasteiger partial charge in [-0.25, -0.2) is 0 Å². The Kier molecular flexibility index (Phi) is 5.93. The standard InChI is InChI=1S/C20H20N4O2S/c1-13(2)12-17(25)21-16-11-7-6-10-15(16)18(26)22-20-24-23-19(27-20)14-8-4-3-5-9-14/h3-11,13H,12H2,1-2H3,(H,21,25)(H,22,24,26). The Bertz CT molecular complexity index is 938. The minimum atomic E-state index is -0.341. The summed E-state index contributed by atoms with van der Waals surface area (Å²) in [5, 5.41) is 14.9. The third kappa shape index (κ3) is 4.98. The number of carbonyl (C=O) groups is 2. The highest BCUT2D eigenvalue weighted by Crippen LogP contribution is 2.27. The molecule has 0 radical (unpaired) electrons. The van der Waals surface area contributed by atoms with Gasteiger partial charge in [-0.3, -0.25) is 14.9 Å². The van der Waals surface area contributed by atoms with Gasteiger partial charge in [-0.2, -0.15) is 0 Å². The molecule has 0 unspecified atom stereocenters. The molecule has 2 aromatic carbocycles. The molecule has 1 heterocycles. The maximum absolute atomic E-state index is 12.7. The van der Waals surface area contributed by atoms with Crippen LogP contribution in [0.5, 0.6) is 0 Å². The monoisotopic (exact) mass is 380 g/mol. The van der Waals surface area contributed by atoms with Gasteiger partial charge in [0.2, 0.25) is 11.0 Å². The van der Waals surface area contributed by atoms with Gasteiger partial charge in [-0.05, 0) is 18.1 Å². The number of nitrogens with zero attached hydrogens (tertiary/aromatic N) is 2. The predicted molar refractivity (Wildman–Crippen MR) is 108 cm³/mol. The average molecular weight is 380 g/mol. The second-order valence-corrected chi connectivity index (χ2v) is 7.40. The van der Waals surface area contributed by atoms with Crippen molar-refractivity contribution in [2.75, 3.05) is 10.6 Å². The van der Waals surface area contributed by atoms with E-state index >= 15 is 0 Å². The second kappa shape index (κ2) is 8.55. The summed E-state index contributed by atoms with van der Waals surface area (Å²) in [6.07, 6.45) is 0.396. The van der Waals surface area contributed by atoms with Gasteiger partial charge in [-0.15, -0.1) is 10.2 Å². The van der Waals surface area contributed by atoms with Crippen LogP contribution in [0.2, 0.25) is 0 Å². The van der Waals surface area contributed by atoms with E-state index in [1.54, 1.807) is 24.3 Å². The van der Waals surface area contributed by atoms with E-state index in [0.717, 1.165) is 10.6 Å². The van der Waals surface area contributed by atoms with Crippen LogP contribution in [-0.2, 0) is 4.79 Å². The topological polar surface area (TPSA) is 84.0 Å². The first-order chi connectivity index (χ1) is 13.0. The second-order valence-electron chi connectivity index (χ2n) is 6.42. The maximum Gasteiger partial charge on any atom is 0.259 e. The molecular formula is C20H20N4O2S. The fraction of sp³-hybridized carbons (Fsp3) is 0.200. The fourth-order valence-electron chi connectivity index (χ4n) is 2.50. The van der Waals surface area contributed by atoms with Gasteiger partial charge >= 0.3 is 0 Å². The van der Waals surface area contributed by atoms with Crippen molar-refractivity contribution in [3.8, 4) is 10.6 Å². The van der Waals surface area contributed by atoms with E-state index in [2.05, 4.69) is 20.8 Å². The van der Waals surface area contributed by atoms with E-state index in [1.165, 1.54) is 11.3 Å². The van der Waals surface area contributed by atoms with Crippen LogP contribution in [0.3, 0.4) is 0 Å². The number of amides is 2. The van der Waals surface area contributed by atoms with Crippen LogP contribution < -0.4 is 10.6 Å². The third-order valence-corrected chi connectivity index (χ3v) is 4.59. The molecule has 138 valence electrons. The number of hydrogen-bond acceptors (Lipinski definition) is 5. The summed E-state index contributed by atoms with van der Waals surface area (Å²) in [7, 11) is 0. The molecule has 27 heavy (non-hydrogen) atoms. The van der Waals surface area contributed by atoms with Crippen molar-refractivity contribution in [1.29, 1.82) is 0 Å². The normalized spacial score (nSPS) is 10.6. The number of aromatic nitrogens is 2. The Labute approximate surface area is 161 Å². The predicted octanol–water partition coefficient (Wildman–Crippen LogP) is 4.44. The molecule has 1 aromatic heterocycles. The maximum atomic E-state index is 12.7. The van der Waals surface area contributed by atoms with Crippen LogP contribution >= 0.6 is 11.3 Å². The van der Waals surface area contributed by atoms with Gasteiger partial charge in [0.25, 0.3) is 5.91 Å². The molecule has 0 bridgehead atoms. The zero-order valence-corrected chi connectivity index (χ0v) is 15.9. The van der Waals surface area contributed by atoms with Gasteiger partial charge in [0.1, 0.15) is 5.01 Å². The van der Waals surface area contributed by atoms with E-state index < -0.39 is 0 Å². The number of hydrogen-bond donors (Lipinski definition) is 2. The molecule has 0 fully saturated rings. The average Bonchev–Trinajstić information content (AvgIpc) is 3.10. The quantitative estimate of drug-likeness (QED) is 0.662. The zero-order valence-electron chi connectivity index (χ0n) is 15.1. The van der Waals surface area contributed by atoms with Crippen LogP contribution in [0.25, 0.3) is 10.6 Å². The molecule has 0 aliphatic carbocycles. The number of benzene rings is 2. The van der Waals surface area contributed by atoms with E-state index in [9.17, 15) is 9.59 Å². The molecular weight excluding hydrogens is 360 g/mol. The molecule has 0 saturated carbocycles. The van der Waals surface area contributed by atoms with Crippen LogP contribution in [0.15, 0.2) is 54.6 Å². The van der Waals surface area contributed by atoms with Gasteiger partial charge < -0.3 is 5.32 Å². The zero-order chi connectivity index (χ0) is 19.2. The number of rotatable bonds is 6. The summed E-state index contributed by atoms with van der Waals surface area (Å²) >= 11 is 1.30. The van der Waals surface area contributed by atoms with Gasteiger partial charge in [-0.1, -0.05) is 67.6 Å². The minimum Gasteiger partial charge on any atom is -0.325 e. The van der Waals surface area contributed by atoms with Crippen molar-refractivity contribution in [2.24, 2.45) is 5.92 Å². The van der Waals surface area contributed by atoms with E-state index in [1.807, 2.05) is 44.2 Å². The highest BCUT2D eigenvalue weighted by molar-refractivity contribution is 7.18. The lowest BCUT2D eigenvalue weighted by Crippen LogP contribution is -2.19. The molecule has 6 nitrogen and oxygen atoms in total.